The fourth-order valence-electron chi connectivity index (χ4n) is 3.92. The first-order valence-electron chi connectivity index (χ1n) is 11.3. The fourth-order valence-corrected chi connectivity index (χ4v) is 5.50. The number of benzene rings is 1. The number of hydroxylamine groups is 1. The van der Waals surface area contributed by atoms with E-state index >= 15 is 0 Å². The zero-order chi connectivity index (χ0) is 26.8. The first-order valence-corrected chi connectivity index (χ1v) is 12.7. The van der Waals surface area contributed by atoms with Crippen LogP contribution in [0.25, 0.3) is 0 Å². The van der Waals surface area contributed by atoms with E-state index in [4.69, 9.17) is 15.3 Å². The van der Waals surface area contributed by atoms with Crippen LogP contribution in [0.2, 0.25) is 0 Å². The molecule has 3 rings (SSSR count). The second-order valence-corrected chi connectivity index (χ2v) is 11.3. The third kappa shape index (κ3) is 5.91. The summed E-state index contributed by atoms with van der Waals surface area (Å²) in [5.41, 5.74) is 4.61. The summed E-state index contributed by atoms with van der Waals surface area (Å²) in [6, 6.07) is 2.64. The molecule has 1 aromatic rings. The molecule has 1 aliphatic carbocycles. The lowest BCUT2D eigenvalue weighted by Gasteiger charge is -2.41. The van der Waals surface area contributed by atoms with Crippen molar-refractivity contribution in [1.29, 1.82) is 0 Å². The topological polar surface area (TPSA) is 162 Å². The lowest BCUT2D eigenvalue weighted by molar-refractivity contribution is -0.388. The number of nitro groups is 1. The molecule has 0 saturated heterocycles. The number of hydrogen-bond donors (Lipinski definition) is 1. The highest BCUT2D eigenvalue weighted by Crippen LogP contribution is 2.43. The lowest BCUT2D eigenvalue weighted by Crippen LogP contribution is -2.58. The van der Waals surface area contributed by atoms with Crippen LogP contribution in [0.5, 0.6) is 0 Å². The molecule has 2 unspecified atom stereocenters. The van der Waals surface area contributed by atoms with Crippen molar-refractivity contribution < 1.29 is 32.5 Å². The SMILES string of the molecule is C=CCON(C1CN(C(=O)OC(C)(C)C)C(C(N)=O)C=C1C1CC1)S(=O)(=O)c1ccccc1[N+](=O)[O-]. The normalized spacial score (nSPS) is 20.6. The van der Waals surface area contributed by atoms with Gasteiger partial charge in [0.25, 0.3) is 15.7 Å². The van der Waals surface area contributed by atoms with Crippen LogP contribution < -0.4 is 5.73 Å². The molecule has 0 aromatic heterocycles. The molecule has 2 amide bonds. The van der Waals surface area contributed by atoms with E-state index in [2.05, 4.69) is 6.58 Å². The largest absolute Gasteiger partial charge is 0.444 e. The van der Waals surface area contributed by atoms with Crippen LogP contribution in [-0.4, -0.2) is 65.5 Å². The molecular formula is C23H30N4O8S. The van der Waals surface area contributed by atoms with Crippen molar-refractivity contribution in [3.63, 3.8) is 0 Å². The minimum atomic E-state index is -4.62. The Labute approximate surface area is 209 Å². The van der Waals surface area contributed by atoms with Gasteiger partial charge in [-0.25, -0.2) is 13.2 Å². The minimum absolute atomic E-state index is 0.0616. The summed E-state index contributed by atoms with van der Waals surface area (Å²) in [5, 5.41) is 11.6. The van der Waals surface area contributed by atoms with Gasteiger partial charge >= 0.3 is 6.09 Å². The quantitative estimate of drug-likeness (QED) is 0.294. The molecule has 0 bridgehead atoms. The van der Waals surface area contributed by atoms with E-state index in [0.29, 0.717) is 10.0 Å². The standard InChI is InChI=1S/C23H30N4O8S/c1-5-12-34-27(36(32,33)20-9-7-6-8-17(20)26(30)31)19-14-25(22(29)35-23(2,3)4)18(21(24)28)13-16(19)15-10-11-15/h5-9,13,15,18-19H,1,10-12,14H2,2-4H3,(H2,24,28). The van der Waals surface area contributed by atoms with Crippen LogP contribution in [0.15, 0.2) is 53.5 Å². The highest BCUT2D eigenvalue weighted by atomic mass is 32.2. The Morgan fingerprint density at radius 1 is 1.31 bits per heavy atom. The minimum Gasteiger partial charge on any atom is -0.444 e. The average molecular weight is 523 g/mol. The molecule has 2 atom stereocenters. The Morgan fingerprint density at radius 3 is 2.47 bits per heavy atom. The Hall–Kier alpha value is -3.29. The van der Waals surface area contributed by atoms with Gasteiger partial charge < -0.3 is 10.5 Å². The molecule has 2 aliphatic rings. The van der Waals surface area contributed by atoms with Gasteiger partial charge in [-0.2, -0.15) is 0 Å². The molecule has 0 radical (unpaired) electrons. The number of amides is 2. The Morgan fingerprint density at radius 2 is 1.94 bits per heavy atom. The van der Waals surface area contributed by atoms with Gasteiger partial charge in [-0.3, -0.25) is 24.6 Å². The first-order chi connectivity index (χ1) is 16.8. The van der Waals surface area contributed by atoms with Crippen LogP contribution in [0.3, 0.4) is 0 Å². The number of hydrogen-bond acceptors (Lipinski definition) is 8. The number of ether oxygens (including phenoxy) is 1. The van der Waals surface area contributed by atoms with Crippen molar-refractivity contribution in [2.75, 3.05) is 13.2 Å². The predicted octanol–water partition coefficient (Wildman–Crippen LogP) is 2.51. The van der Waals surface area contributed by atoms with E-state index in [1.165, 1.54) is 24.3 Å². The van der Waals surface area contributed by atoms with Crippen LogP contribution in [0.1, 0.15) is 33.6 Å². The van der Waals surface area contributed by atoms with Gasteiger partial charge in [-0.05, 0) is 51.2 Å². The van der Waals surface area contributed by atoms with E-state index in [1.807, 2.05) is 0 Å². The number of nitrogens with zero attached hydrogens (tertiary/aromatic N) is 3. The molecule has 36 heavy (non-hydrogen) atoms. The number of nitro benzene ring substituents is 1. The molecule has 196 valence electrons. The maximum Gasteiger partial charge on any atom is 0.411 e. The molecule has 1 aromatic carbocycles. The number of primary amides is 1. The molecule has 0 spiro atoms. The average Bonchev–Trinajstić information content (AvgIpc) is 3.63. The Kier molecular flexibility index (Phi) is 7.86. The molecule has 13 heteroatoms. The molecular weight excluding hydrogens is 492 g/mol. The molecule has 2 N–H and O–H groups in total. The summed E-state index contributed by atoms with van der Waals surface area (Å²) in [6.07, 6.45) is 3.40. The second-order valence-electron chi connectivity index (χ2n) is 9.51. The van der Waals surface area contributed by atoms with E-state index in [-0.39, 0.29) is 19.1 Å². The first kappa shape index (κ1) is 27.3. The smallest absolute Gasteiger partial charge is 0.411 e. The van der Waals surface area contributed by atoms with Gasteiger partial charge in [0, 0.05) is 12.6 Å². The van der Waals surface area contributed by atoms with Gasteiger partial charge in [-0.15, -0.1) is 6.58 Å². The van der Waals surface area contributed by atoms with Crippen molar-refractivity contribution in [2.45, 2.75) is 56.2 Å². The van der Waals surface area contributed by atoms with Gasteiger partial charge in [0.15, 0.2) is 4.90 Å². The van der Waals surface area contributed by atoms with Crippen molar-refractivity contribution >= 4 is 27.7 Å². The summed E-state index contributed by atoms with van der Waals surface area (Å²) in [5.74, 6) is -0.869. The monoisotopic (exact) mass is 522 g/mol. The summed E-state index contributed by atoms with van der Waals surface area (Å²) < 4.78 is 33.7. The van der Waals surface area contributed by atoms with Crippen molar-refractivity contribution in [2.24, 2.45) is 11.7 Å². The van der Waals surface area contributed by atoms with Crippen LogP contribution >= 0.6 is 0 Å². The summed E-state index contributed by atoms with van der Waals surface area (Å²) in [7, 11) is -4.62. The Bertz CT molecular complexity index is 1190. The number of carbonyl (C=O) groups excluding carboxylic acids is 2. The third-order valence-corrected chi connectivity index (χ3v) is 7.29. The van der Waals surface area contributed by atoms with Gasteiger partial charge in [0.1, 0.15) is 11.6 Å². The van der Waals surface area contributed by atoms with Crippen LogP contribution in [0.4, 0.5) is 10.5 Å². The lowest BCUT2D eigenvalue weighted by atomic mass is 9.94. The molecule has 12 nitrogen and oxygen atoms in total. The number of carbonyl (C=O) groups is 2. The number of nitrogens with two attached hydrogens (primary N) is 1. The third-order valence-electron chi connectivity index (χ3n) is 5.56. The highest BCUT2D eigenvalue weighted by Gasteiger charge is 2.48. The van der Waals surface area contributed by atoms with Crippen molar-refractivity contribution in [3.8, 4) is 0 Å². The molecule has 1 fully saturated rings. The number of sulfonamides is 1. The maximum absolute atomic E-state index is 13.8. The van der Waals surface area contributed by atoms with Gasteiger partial charge in [-0.1, -0.05) is 28.8 Å². The van der Waals surface area contributed by atoms with E-state index in [1.54, 1.807) is 20.8 Å². The van der Waals surface area contributed by atoms with Crippen molar-refractivity contribution in [1.82, 2.24) is 9.37 Å². The predicted molar refractivity (Wildman–Crippen MR) is 129 cm³/mol. The number of rotatable bonds is 9. The summed E-state index contributed by atoms with van der Waals surface area (Å²) in [4.78, 5) is 42.2. The summed E-state index contributed by atoms with van der Waals surface area (Å²) >= 11 is 0. The number of para-hydroxylation sites is 1. The van der Waals surface area contributed by atoms with Crippen LogP contribution in [0, 0.1) is 16.0 Å². The van der Waals surface area contributed by atoms with Crippen LogP contribution in [-0.2, 0) is 24.4 Å². The van der Waals surface area contributed by atoms with E-state index < -0.39 is 55.2 Å². The van der Waals surface area contributed by atoms with Gasteiger partial charge in [0.05, 0.1) is 17.6 Å². The fraction of sp³-hybridized carbons (Fsp3) is 0.478. The zero-order valence-electron chi connectivity index (χ0n) is 20.3. The second kappa shape index (κ2) is 10.4. The van der Waals surface area contributed by atoms with E-state index in [9.17, 15) is 28.1 Å². The van der Waals surface area contributed by atoms with E-state index in [0.717, 1.165) is 29.9 Å². The summed E-state index contributed by atoms with van der Waals surface area (Å²) in [6.45, 7) is 7.94. The maximum atomic E-state index is 13.8. The van der Waals surface area contributed by atoms with Crippen molar-refractivity contribution in [3.05, 3.63) is 58.7 Å². The van der Waals surface area contributed by atoms with Gasteiger partial charge in [0.2, 0.25) is 5.91 Å². The molecule has 1 heterocycles. The Balaban J connectivity index is 2.14. The molecule has 1 saturated carbocycles. The highest BCUT2D eigenvalue weighted by molar-refractivity contribution is 7.89. The zero-order valence-corrected chi connectivity index (χ0v) is 21.1. The molecule has 1 aliphatic heterocycles.